The molecule has 0 spiro atoms. The zero-order valence-electron chi connectivity index (χ0n) is 10.4. The largest absolute Gasteiger partial charge is 0.335 e. The van der Waals surface area contributed by atoms with Crippen LogP contribution in [-0.2, 0) is 11.3 Å². The molecule has 5 nitrogen and oxygen atoms in total. The van der Waals surface area contributed by atoms with E-state index in [4.69, 9.17) is 11.6 Å². The molecule has 1 aromatic carbocycles. The minimum Gasteiger partial charge on any atom is -0.335 e. The van der Waals surface area contributed by atoms with Crippen LogP contribution in [0.4, 0.5) is 0 Å². The second kappa shape index (κ2) is 6.15. The van der Waals surface area contributed by atoms with Crippen molar-refractivity contribution in [2.24, 2.45) is 0 Å². The van der Waals surface area contributed by atoms with Gasteiger partial charge in [-0.15, -0.1) is 0 Å². The third-order valence-corrected chi connectivity index (χ3v) is 2.77. The molecule has 0 fully saturated rings. The maximum Gasteiger partial charge on any atom is 0.246 e. The molecule has 0 radical (unpaired) electrons. The number of nitrogens with zero attached hydrogens (tertiary/aromatic N) is 3. The Hall–Kier alpha value is -2.14. The summed E-state index contributed by atoms with van der Waals surface area (Å²) < 4.78 is 0. The van der Waals surface area contributed by atoms with Gasteiger partial charge < -0.3 is 4.90 Å². The van der Waals surface area contributed by atoms with E-state index < -0.39 is 0 Å². The molecule has 1 amide bonds. The fourth-order valence-corrected chi connectivity index (χ4v) is 1.60. The summed E-state index contributed by atoms with van der Waals surface area (Å²) in [4.78, 5) is 17.4. The van der Waals surface area contributed by atoms with Crippen molar-refractivity contribution in [3.8, 4) is 0 Å². The minimum absolute atomic E-state index is 0.105. The number of rotatable bonds is 4. The number of aromatic nitrogens is 3. The first-order chi connectivity index (χ1) is 9.15. The van der Waals surface area contributed by atoms with Crippen LogP contribution in [0.15, 0.2) is 36.7 Å². The molecule has 1 aromatic heterocycles. The predicted octanol–water partition coefficient (Wildman–Crippen LogP) is 2.13. The highest BCUT2D eigenvalue weighted by atomic mass is 35.5. The lowest BCUT2D eigenvalue weighted by atomic mass is 10.2. The topological polar surface area (TPSA) is 61.9 Å². The zero-order chi connectivity index (χ0) is 13.7. The highest BCUT2D eigenvalue weighted by Crippen LogP contribution is 2.10. The molecule has 0 unspecified atom stereocenters. The lowest BCUT2D eigenvalue weighted by Crippen LogP contribution is -2.24. The molecule has 1 N–H and O–H groups in total. The highest BCUT2D eigenvalue weighted by Gasteiger charge is 2.07. The van der Waals surface area contributed by atoms with Crippen LogP contribution >= 0.6 is 11.6 Å². The molecule has 19 heavy (non-hydrogen) atoms. The molecule has 6 heteroatoms. The van der Waals surface area contributed by atoms with Crippen LogP contribution in [0.1, 0.15) is 11.4 Å². The molecule has 0 saturated heterocycles. The van der Waals surface area contributed by atoms with Crippen molar-refractivity contribution in [3.63, 3.8) is 0 Å². The number of hydrogen-bond acceptors (Lipinski definition) is 3. The van der Waals surface area contributed by atoms with E-state index in [1.807, 2.05) is 12.1 Å². The Morgan fingerprint density at radius 3 is 2.79 bits per heavy atom. The fraction of sp³-hybridized carbons (Fsp3) is 0.154. The second-order valence-corrected chi connectivity index (χ2v) is 4.45. The van der Waals surface area contributed by atoms with Crippen molar-refractivity contribution in [1.82, 2.24) is 20.1 Å². The Bertz CT molecular complexity index is 563. The highest BCUT2D eigenvalue weighted by molar-refractivity contribution is 6.30. The van der Waals surface area contributed by atoms with Crippen molar-refractivity contribution in [2.45, 2.75) is 6.54 Å². The van der Waals surface area contributed by atoms with Gasteiger partial charge in [0.2, 0.25) is 5.91 Å². The number of carbonyl (C=O) groups excluding carboxylic acids is 1. The summed E-state index contributed by atoms with van der Waals surface area (Å²) in [7, 11) is 1.71. The number of aromatic amines is 1. The Labute approximate surface area is 115 Å². The molecule has 1 heterocycles. The number of H-pyrrole nitrogens is 1. The lowest BCUT2D eigenvalue weighted by molar-refractivity contribution is -0.125. The van der Waals surface area contributed by atoms with Crippen LogP contribution in [0.5, 0.6) is 0 Å². The average molecular weight is 277 g/mol. The first-order valence-corrected chi connectivity index (χ1v) is 6.06. The summed E-state index contributed by atoms with van der Waals surface area (Å²) in [5.41, 5.74) is 0.922. The number of likely N-dealkylation sites (N-methyl/N-ethyl adjacent to an activating group) is 1. The summed E-state index contributed by atoms with van der Waals surface area (Å²) in [5, 5.41) is 7.11. The summed E-state index contributed by atoms with van der Waals surface area (Å²) in [6.07, 6.45) is 4.67. The van der Waals surface area contributed by atoms with Crippen molar-refractivity contribution in [1.29, 1.82) is 0 Å². The maximum absolute atomic E-state index is 11.9. The van der Waals surface area contributed by atoms with Crippen LogP contribution in [0.25, 0.3) is 6.08 Å². The molecule has 0 aliphatic rings. The molecule has 0 saturated carbocycles. The standard InChI is InChI=1S/C13H13ClN4O/c1-18(8-12-15-9-16-17-12)13(19)7-4-10-2-5-11(14)6-3-10/h2-7,9H,8H2,1H3,(H,15,16,17). The van der Waals surface area contributed by atoms with Gasteiger partial charge in [-0.1, -0.05) is 23.7 Å². The van der Waals surface area contributed by atoms with Crippen molar-refractivity contribution >= 4 is 23.6 Å². The van der Waals surface area contributed by atoms with Gasteiger partial charge in [0.1, 0.15) is 12.2 Å². The second-order valence-electron chi connectivity index (χ2n) is 4.01. The van der Waals surface area contributed by atoms with E-state index in [2.05, 4.69) is 15.2 Å². The first-order valence-electron chi connectivity index (χ1n) is 5.68. The number of benzene rings is 1. The Morgan fingerprint density at radius 1 is 1.42 bits per heavy atom. The van der Waals surface area contributed by atoms with Gasteiger partial charge in [-0.3, -0.25) is 9.89 Å². The predicted molar refractivity (Wildman–Crippen MR) is 73.3 cm³/mol. The maximum atomic E-state index is 11.9. The van der Waals surface area contributed by atoms with E-state index in [1.54, 1.807) is 30.2 Å². The number of nitrogens with one attached hydrogen (secondary N) is 1. The van der Waals surface area contributed by atoms with E-state index >= 15 is 0 Å². The minimum atomic E-state index is -0.105. The lowest BCUT2D eigenvalue weighted by Gasteiger charge is -2.12. The summed E-state index contributed by atoms with van der Waals surface area (Å²) >= 11 is 5.79. The molecule has 2 rings (SSSR count). The van der Waals surface area contributed by atoms with Gasteiger partial charge >= 0.3 is 0 Å². The average Bonchev–Trinajstić information content (AvgIpc) is 2.90. The Balaban J connectivity index is 1.94. The van der Waals surface area contributed by atoms with Gasteiger partial charge in [-0.25, -0.2) is 4.98 Å². The first kappa shape index (κ1) is 13.3. The van der Waals surface area contributed by atoms with Crippen molar-refractivity contribution < 1.29 is 4.79 Å². The number of carbonyl (C=O) groups is 1. The van der Waals surface area contributed by atoms with Crippen LogP contribution in [0, 0.1) is 0 Å². The third kappa shape index (κ3) is 3.93. The van der Waals surface area contributed by atoms with E-state index in [1.165, 1.54) is 12.4 Å². The summed E-state index contributed by atoms with van der Waals surface area (Å²) in [6, 6.07) is 7.26. The van der Waals surface area contributed by atoms with E-state index in [0.29, 0.717) is 17.4 Å². The number of halogens is 1. The van der Waals surface area contributed by atoms with Crippen LogP contribution in [0.3, 0.4) is 0 Å². The molecule has 0 bridgehead atoms. The summed E-state index contributed by atoms with van der Waals surface area (Å²) in [6.45, 7) is 0.393. The quantitative estimate of drug-likeness (QED) is 0.870. The molecule has 0 aliphatic carbocycles. The number of hydrogen-bond donors (Lipinski definition) is 1. The van der Waals surface area contributed by atoms with Crippen molar-refractivity contribution in [2.75, 3.05) is 7.05 Å². The van der Waals surface area contributed by atoms with E-state index in [9.17, 15) is 4.79 Å². The monoisotopic (exact) mass is 276 g/mol. The van der Waals surface area contributed by atoms with Gasteiger partial charge in [-0.05, 0) is 23.8 Å². The van der Waals surface area contributed by atoms with Gasteiger partial charge in [0.05, 0.1) is 6.54 Å². The van der Waals surface area contributed by atoms with Gasteiger partial charge in [-0.2, -0.15) is 5.10 Å². The van der Waals surface area contributed by atoms with E-state index in [-0.39, 0.29) is 5.91 Å². The SMILES string of the molecule is CN(Cc1ncn[nH]1)C(=O)C=Cc1ccc(Cl)cc1. The van der Waals surface area contributed by atoms with Gasteiger partial charge in [0.15, 0.2) is 0 Å². The summed E-state index contributed by atoms with van der Waals surface area (Å²) in [5.74, 6) is 0.544. The normalized spacial score (nSPS) is 10.8. The molecular weight excluding hydrogens is 264 g/mol. The van der Waals surface area contributed by atoms with Crippen LogP contribution in [0.2, 0.25) is 5.02 Å². The molecule has 98 valence electrons. The zero-order valence-corrected chi connectivity index (χ0v) is 11.1. The van der Waals surface area contributed by atoms with E-state index in [0.717, 1.165) is 5.56 Å². The van der Waals surface area contributed by atoms with Gasteiger partial charge in [0.25, 0.3) is 0 Å². The van der Waals surface area contributed by atoms with Crippen LogP contribution < -0.4 is 0 Å². The Kier molecular flexibility index (Phi) is 4.30. The molecule has 2 aromatic rings. The fourth-order valence-electron chi connectivity index (χ4n) is 1.48. The smallest absolute Gasteiger partial charge is 0.246 e. The molecule has 0 aliphatic heterocycles. The third-order valence-electron chi connectivity index (χ3n) is 2.52. The Morgan fingerprint density at radius 2 is 2.16 bits per heavy atom. The number of amides is 1. The molecular formula is C13H13ClN4O. The van der Waals surface area contributed by atoms with Crippen LogP contribution in [-0.4, -0.2) is 33.0 Å². The van der Waals surface area contributed by atoms with Gasteiger partial charge in [0, 0.05) is 18.1 Å². The van der Waals surface area contributed by atoms with Crippen molar-refractivity contribution in [3.05, 3.63) is 53.1 Å². The molecule has 0 atom stereocenters.